The third-order valence-electron chi connectivity index (χ3n) is 4.52. The van der Waals surface area contributed by atoms with E-state index in [1.807, 2.05) is 54.8 Å². The van der Waals surface area contributed by atoms with E-state index in [9.17, 15) is 9.59 Å². The van der Waals surface area contributed by atoms with Crippen LogP contribution in [0, 0.1) is 6.92 Å². The van der Waals surface area contributed by atoms with Crippen LogP contribution in [0.3, 0.4) is 0 Å². The first-order valence-electron chi connectivity index (χ1n) is 8.47. The Balaban J connectivity index is 1.86. The maximum Gasteiger partial charge on any atom is 0.319 e. The van der Waals surface area contributed by atoms with Crippen molar-refractivity contribution in [1.29, 1.82) is 0 Å². The highest BCUT2D eigenvalue weighted by molar-refractivity contribution is 5.95. The molecule has 1 aromatic carbocycles. The molecule has 0 spiro atoms. The van der Waals surface area contributed by atoms with E-state index in [0.717, 1.165) is 37.1 Å². The molecule has 3 amide bonds. The average Bonchev–Trinajstić information content (AvgIpc) is 2.57. The van der Waals surface area contributed by atoms with Crippen molar-refractivity contribution in [3.8, 4) is 0 Å². The highest BCUT2D eigenvalue weighted by Gasteiger charge is 2.26. The van der Waals surface area contributed by atoms with Crippen LogP contribution in [0.1, 0.15) is 42.6 Å². The quantitative estimate of drug-likeness (QED) is 0.928. The van der Waals surface area contributed by atoms with Crippen molar-refractivity contribution in [2.45, 2.75) is 39.7 Å². The summed E-state index contributed by atoms with van der Waals surface area (Å²) in [7, 11) is 0. The van der Waals surface area contributed by atoms with Crippen LogP contribution in [0.2, 0.25) is 0 Å². The van der Waals surface area contributed by atoms with Gasteiger partial charge in [-0.1, -0.05) is 18.2 Å². The summed E-state index contributed by atoms with van der Waals surface area (Å²) in [6, 6.07) is 7.86. The van der Waals surface area contributed by atoms with Crippen molar-refractivity contribution in [3.05, 3.63) is 35.4 Å². The van der Waals surface area contributed by atoms with E-state index in [4.69, 9.17) is 0 Å². The Morgan fingerprint density at radius 2 is 1.78 bits per heavy atom. The van der Waals surface area contributed by atoms with Crippen molar-refractivity contribution in [2.75, 3.05) is 26.2 Å². The van der Waals surface area contributed by atoms with E-state index in [1.54, 1.807) is 0 Å². The third-order valence-corrected chi connectivity index (χ3v) is 4.52. The van der Waals surface area contributed by atoms with Crippen LogP contribution in [0.4, 0.5) is 4.79 Å². The molecule has 0 saturated carbocycles. The molecule has 1 fully saturated rings. The molecular formula is C18H27N3O2. The zero-order valence-electron chi connectivity index (χ0n) is 14.3. The number of carbonyl (C=O) groups excluding carboxylic acids is 2. The molecule has 1 saturated heterocycles. The van der Waals surface area contributed by atoms with Gasteiger partial charge in [-0.15, -0.1) is 0 Å². The van der Waals surface area contributed by atoms with E-state index >= 15 is 0 Å². The molecular weight excluding hydrogens is 290 g/mol. The molecule has 5 heteroatoms. The zero-order chi connectivity index (χ0) is 16.8. The third kappa shape index (κ3) is 4.24. The van der Waals surface area contributed by atoms with Gasteiger partial charge in [-0.3, -0.25) is 4.79 Å². The standard InChI is InChI=1S/C18H27N3O2/c1-4-20(5-2)18(23)21-12-10-15(11-13-21)19-17(22)16-9-7-6-8-14(16)3/h6-9,15H,4-5,10-13H2,1-3H3,(H,19,22). The summed E-state index contributed by atoms with van der Waals surface area (Å²) in [6.07, 6.45) is 1.62. The minimum atomic E-state index is -0.0170. The predicted octanol–water partition coefficient (Wildman–Crippen LogP) is 2.65. The molecule has 1 aromatic rings. The number of nitrogens with zero attached hydrogens (tertiary/aromatic N) is 2. The summed E-state index contributed by atoms with van der Waals surface area (Å²) >= 11 is 0. The van der Waals surface area contributed by atoms with Crippen molar-refractivity contribution in [2.24, 2.45) is 0 Å². The smallest absolute Gasteiger partial charge is 0.319 e. The van der Waals surface area contributed by atoms with Crippen LogP contribution in [0.25, 0.3) is 0 Å². The minimum Gasteiger partial charge on any atom is -0.349 e. The van der Waals surface area contributed by atoms with Crippen molar-refractivity contribution >= 4 is 11.9 Å². The van der Waals surface area contributed by atoms with E-state index in [2.05, 4.69) is 5.32 Å². The molecule has 0 radical (unpaired) electrons. The van der Waals surface area contributed by atoms with Gasteiger partial charge in [-0.2, -0.15) is 0 Å². The number of piperidine rings is 1. The van der Waals surface area contributed by atoms with Crippen molar-refractivity contribution in [1.82, 2.24) is 15.1 Å². The maximum atomic E-state index is 12.4. The fourth-order valence-electron chi connectivity index (χ4n) is 3.00. The number of nitrogens with one attached hydrogen (secondary N) is 1. The van der Waals surface area contributed by atoms with Gasteiger partial charge in [0.1, 0.15) is 0 Å². The molecule has 0 atom stereocenters. The van der Waals surface area contributed by atoms with Crippen LogP contribution in [-0.2, 0) is 0 Å². The van der Waals surface area contributed by atoms with E-state index in [-0.39, 0.29) is 18.0 Å². The van der Waals surface area contributed by atoms with Crippen LogP contribution in [-0.4, -0.2) is 54.0 Å². The lowest BCUT2D eigenvalue weighted by atomic mass is 10.0. The lowest BCUT2D eigenvalue weighted by Crippen LogP contribution is -2.50. The van der Waals surface area contributed by atoms with Gasteiger partial charge in [0.2, 0.25) is 0 Å². The molecule has 1 N–H and O–H groups in total. The summed E-state index contributed by atoms with van der Waals surface area (Å²) in [5, 5.41) is 3.10. The van der Waals surface area contributed by atoms with Gasteiger partial charge >= 0.3 is 6.03 Å². The van der Waals surface area contributed by atoms with Gasteiger partial charge in [-0.05, 0) is 45.2 Å². The molecule has 2 rings (SSSR count). The van der Waals surface area contributed by atoms with Gasteiger partial charge in [0.05, 0.1) is 0 Å². The molecule has 0 unspecified atom stereocenters. The minimum absolute atomic E-state index is 0.0170. The van der Waals surface area contributed by atoms with Crippen LogP contribution in [0.15, 0.2) is 24.3 Å². The first-order chi connectivity index (χ1) is 11.1. The normalized spacial score (nSPS) is 15.3. The maximum absolute atomic E-state index is 12.4. The van der Waals surface area contributed by atoms with E-state index < -0.39 is 0 Å². The lowest BCUT2D eigenvalue weighted by molar-refractivity contribution is 0.0911. The molecule has 126 valence electrons. The number of urea groups is 1. The molecule has 1 aliphatic rings. The van der Waals surface area contributed by atoms with Gasteiger partial charge in [-0.25, -0.2) is 4.79 Å². The van der Waals surface area contributed by atoms with E-state index in [0.29, 0.717) is 13.1 Å². The molecule has 23 heavy (non-hydrogen) atoms. The number of amides is 3. The Morgan fingerprint density at radius 3 is 2.35 bits per heavy atom. The lowest BCUT2D eigenvalue weighted by Gasteiger charge is -2.35. The summed E-state index contributed by atoms with van der Waals surface area (Å²) in [5.74, 6) is -0.0170. The van der Waals surface area contributed by atoms with Crippen LogP contribution >= 0.6 is 0 Å². The highest BCUT2D eigenvalue weighted by atomic mass is 16.2. The van der Waals surface area contributed by atoms with Gasteiger partial charge in [0.15, 0.2) is 0 Å². The number of benzene rings is 1. The summed E-state index contributed by atoms with van der Waals surface area (Å²) < 4.78 is 0. The first kappa shape index (κ1) is 17.3. The monoisotopic (exact) mass is 317 g/mol. The fourth-order valence-corrected chi connectivity index (χ4v) is 3.00. The van der Waals surface area contributed by atoms with Crippen LogP contribution in [0.5, 0.6) is 0 Å². The topological polar surface area (TPSA) is 52.7 Å². The SMILES string of the molecule is CCN(CC)C(=O)N1CCC(NC(=O)c2ccccc2C)CC1. The van der Waals surface area contributed by atoms with Gasteiger partial charge < -0.3 is 15.1 Å². The Hall–Kier alpha value is -2.04. The Bertz CT molecular complexity index is 547. The molecule has 5 nitrogen and oxygen atoms in total. The molecule has 1 heterocycles. The Kier molecular flexibility index (Phi) is 6.02. The summed E-state index contributed by atoms with van der Waals surface area (Å²) in [5.41, 5.74) is 1.72. The number of hydrogen-bond donors (Lipinski definition) is 1. The highest BCUT2D eigenvalue weighted by Crippen LogP contribution is 2.14. The number of likely N-dealkylation sites (tertiary alicyclic amines) is 1. The van der Waals surface area contributed by atoms with Crippen molar-refractivity contribution < 1.29 is 9.59 Å². The predicted molar refractivity (Wildman–Crippen MR) is 91.6 cm³/mol. The summed E-state index contributed by atoms with van der Waals surface area (Å²) in [4.78, 5) is 28.4. The van der Waals surface area contributed by atoms with Gasteiger partial charge in [0.25, 0.3) is 5.91 Å². The number of aryl methyl sites for hydroxylation is 1. The molecule has 0 bridgehead atoms. The number of rotatable bonds is 4. The van der Waals surface area contributed by atoms with Gasteiger partial charge in [0, 0.05) is 37.8 Å². The van der Waals surface area contributed by atoms with Crippen molar-refractivity contribution in [3.63, 3.8) is 0 Å². The first-order valence-corrected chi connectivity index (χ1v) is 8.47. The van der Waals surface area contributed by atoms with Crippen LogP contribution < -0.4 is 5.32 Å². The van der Waals surface area contributed by atoms with E-state index in [1.165, 1.54) is 0 Å². The second-order valence-electron chi connectivity index (χ2n) is 6.00. The fraction of sp³-hybridized carbons (Fsp3) is 0.556. The second kappa shape index (κ2) is 7.99. The largest absolute Gasteiger partial charge is 0.349 e. The second-order valence-corrected chi connectivity index (χ2v) is 6.00. The average molecular weight is 317 g/mol. The number of carbonyl (C=O) groups is 2. The molecule has 0 aromatic heterocycles. The number of hydrogen-bond acceptors (Lipinski definition) is 2. The zero-order valence-corrected chi connectivity index (χ0v) is 14.3. The Labute approximate surface area is 138 Å². The summed E-state index contributed by atoms with van der Waals surface area (Å²) in [6.45, 7) is 8.81. The Morgan fingerprint density at radius 1 is 1.17 bits per heavy atom. The molecule has 1 aliphatic heterocycles. The molecule has 0 aliphatic carbocycles.